The number of aromatic nitrogens is 4. The Morgan fingerprint density at radius 2 is 1.86 bits per heavy atom. The predicted molar refractivity (Wildman–Crippen MR) is 149 cm³/mol. The summed E-state index contributed by atoms with van der Waals surface area (Å²) < 4.78 is 5.90. The summed E-state index contributed by atoms with van der Waals surface area (Å²) in [7, 11) is 5.96. The third-order valence-corrected chi connectivity index (χ3v) is 7.98. The van der Waals surface area contributed by atoms with Gasteiger partial charge in [-0.3, -0.25) is 5.10 Å². The number of anilines is 2. The summed E-state index contributed by atoms with van der Waals surface area (Å²) in [6.07, 6.45) is 2.10. The zero-order chi connectivity index (χ0) is 25.5. The highest BCUT2D eigenvalue weighted by Crippen LogP contribution is 2.40. The van der Waals surface area contributed by atoms with Crippen LogP contribution >= 0.6 is 23.5 Å². The Balaban J connectivity index is 1.60. The molecule has 0 bridgehead atoms. The standard InChI is InChI=1S/C26H37N7OS2/c1-6-35-20-7-9-21(10-8-20)36-26-28-23(19-11-13-33(14-12-19)16-15-32(3)4)24(34-5)25(29-26)27-22-17-18(2)30-31-22/h7-10,17,19H,6,11-16H2,1-5H3,(H2,27,28,29,30,31). The van der Waals surface area contributed by atoms with Crippen LogP contribution in [0.4, 0.5) is 11.6 Å². The van der Waals surface area contributed by atoms with Crippen LogP contribution < -0.4 is 10.1 Å². The van der Waals surface area contributed by atoms with Crippen LogP contribution in [0, 0.1) is 6.92 Å². The molecule has 10 heteroatoms. The van der Waals surface area contributed by atoms with Gasteiger partial charge in [-0.05, 0) is 88.7 Å². The van der Waals surface area contributed by atoms with Gasteiger partial charge in [0, 0.05) is 40.6 Å². The van der Waals surface area contributed by atoms with Gasteiger partial charge >= 0.3 is 0 Å². The van der Waals surface area contributed by atoms with E-state index >= 15 is 0 Å². The van der Waals surface area contributed by atoms with E-state index in [9.17, 15) is 0 Å². The molecule has 0 radical (unpaired) electrons. The Morgan fingerprint density at radius 3 is 2.47 bits per heavy atom. The number of piperidine rings is 1. The van der Waals surface area contributed by atoms with Gasteiger partial charge in [0.25, 0.3) is 0 Å². The summed E-state index contributed by atoms with van der Waals surface area (Å²) in [5.41, 5.74) is 1.96. The lowest BCUT2D eigenvalue weighted by molar-refractivity contribution is 0.191. The van der Waals surface area contributed by atoms with Crippen LogP contribution in [0.25, 0.3) is 0 Å². The molecule has 1 aliphatic rings. The molecule has 8 nitrogen and oxygen atoms in total. The van der Waals surface area contributed by atoms with Gasteiger partial charge in [0.15, 0.2) is 22.5 Å². The van der Waals surface area contributed by atoms with Gasteiger partial charge in [0.1, 0.15) is 0 Å². The molecule has 2 aromatic heterocycles. The molecule has 194 valence electrons. The molecule has 0 unspecified atom stereocenters. The van der Waals surface area contributed by atoms with Crippen LogP contribution in [0.15, 0.2) is 45.3 Å². The summed E-state index contributed by atoms with van der Waals surface area (Å²) in [6, 6.07) is 10.6. The van der Waals surface area contributed by atoms with Crippen molar-refractivity contribution in [3.05, 3.63) is 41.7 Å². The molecule has 0 amide bonds. The summed E-state index contributed by atoms with van der Waals surface area (Å²) >= 11 is 3.43. The minimum atomic E-state index is 0.322. The van der Waals surface area contributed by atoms with Gasteiger partial charge < -0.3 is 19.9 Å². The minimum Gasteiger partial charge on any atom is -0.491 e. The average molecular weight is 528 g/mol. The van der Waals surface area contributed by atoms with Gasteiger partial charge in [-0.15, -0.1) is 11.8 Å². The van der Waals surface area contributed by atoms with E-state index in [2.05, 4.69) is 70.6 Å². The number of likely N-dealkylation sites (tertiary alicyclic amines) is 1. The molecule has 1 aromatic carbocycles. The van der Waals surface area contributed by atoms with Crippen molar-refractivity contribution in [2.75, 3.05) is 58.5 Å². The van der Waals surface area contributed by atoms with Crippen LogP contribution in [0.1, 0.15) is 37.1 Å². The minimum absolute atomic E-state index is 0.322. The monoisotopic (exact) mass is 527 g/mol. The Kier molecular flexibility index (Phi) is 9.53. The van der Waals surface area contributed by atoms with Gasteiger partial charge in [-0.25, -0.2) is 9.97 Å². The second-order valence-corrected chi connectivity index (χ2v) is 11.6. The Hall–Kier alpha value is -2.27. The first-order chi connectivity index (χ1) is 17.4. The zero-order valence-corrected chi connectivity index (χ0v) is 23.5. The van der Waals surface area contributed by atoms with Crippen molar-refractivity contribution < 1.29 is 4.74 Å². The number of nitrogens with one attached hydrogen (secondary N) is 2. The maximum Gasteiger partial charge on any atom is 0.194 e. The second kappa shape index (κ2) is 12.8. The van der Waals surface area contributed by atoms with Crippen molar-refractivity contribution in [1.82, 2.24) is 30.0 Å². The number of hydrogen-bond donors (Lipinski definition) is 2. The molecule has 3 heterocycles. The van der Waals surface area contributed by atoms with Crippen LogP contribution in [0.2, 0.25) is 0 Å². The first-order valence-corrected chi connectivity index (χ1v) is 14.3. The van der Waals surface area contributed by atoms with Gasteiger partial charge in [-0.2, -0.15) is 5.10 Å². The molecule has 0 aliphatic carbocycles. The first-order valence-electron chi connectivity index (χ1n) is 12.5. The van der Waals surface area contributed by atoms with Crippen molar-refractivity contribution >= 4 is 35.2 Å². The lowest BCUT2D eigenvalue weighted by atomic mass is 9.92. The van der Waals surface area contributed by atoms with E-state index in [0.717, 1.165) is 61.1 Å². The molecule has 3 aromatic rings. The van der Waals surface area contributed by atoms with Gasteiger partial charge in [0.05, 0.1) is 12.8 Å². The fraction of sp³-hybridized carbons (Fsp3) is 0.500. The van der Waals surface area contributed by atoms with Crippen molar-refractivity contribution in [2.45, 2.75) is 47.6 Å². The molecule has 1 fully saturated rings. The Bertz CT molecular complexity index is 1110. The van der Waals surface area contributed by atoms with Gasteiger partial charge in [-0.1, -0.05) is 6.92 Å². The van der Waals surface area contributed by atoms with Gasteiger partial charge in [0.2, 0.25) is 0 Å². The number of nitrogens with zero attached hydrogens (tertiary/aromatic N) is 5. The number of benzene rings is 1. The number of thioether (sulfide) groups is 1. The van der Waals surface area contributed by atoms with Crippen LogP contribution in [0.3, 0.4) is 0 Å². The van der Waals surface area contributed by atoms with E-state index in [0.29, 0.717) is 28.5 Å². The fourth-order valence-electron chi connectivity index (χ4n) is 4.31. The second-order valence-electron chi connectivity index (χ2n) is 9.26. The average Bonchev–Trinajstić information content (AvgIpc) is 3.28. The highest BCUT2D eigenvalue weighted by molar-refractivity contribution is 7.99. The maximum absolute atomic E-state index is 5.90. The maximum atomic E-state index is 5.90. The molecule has 0 atom stereocenters. The van der Waals surface area contributed by atoms with Crippen LogP contribution in [-0.4, -0.2) is 83.1 Å². The predicted octanol–water partition coefficient (Wildman–Crippen LogP) is 5.26. The number of ether oxygens (including phenoxy) is 1. The number of rotatable bonds is 11. The number of methoxy groups -OCH3 is 1. The van der Waals surface area contributed by atoms with E-state index in [-0.39, 0.29) is 0 Å². The lowest BCUT2D eigenvalue weighted by Gasteiger charge is -2.33. The smallest absolute Gasteiger partial charge is 0.194 e. The molecular formula is C26H37N7OS2. The number of likely N-dealkylation sites (N-methyl/N-ethyl adjacent to an activating group) is 1. The highest BCUT2D eigenvalue weighted by Gasteiger charge is 2.27. The number of aryl methyl sites for hydroxylation is 1. The Morgan fingerprint density at radius 1 is 1.14 bits per heavy atom. The van der Waals surface area contributed by atoms with Crippen molar-refractivity contribution in [2.24, 2.45) is 0 Å². The third kappa shape index (κ3) is 7.15. The molecule has 1 saturated heterocycles. The number of H-pyrrole nitrogens is 1. The quantitative estimate of drug-likeness (QED) is 0.256. The molecule has 0 spiro atoms. The van der Waals surface area contributed by atoms with E-state index in [1.165, 1.54) is 4.90 Å². The molecule has 4 rings (SSSR count). The topological polar surface area (TPSA) is 82.2 Å². The largest absolute Gasteiger partial charge is 0.491 e. The molecule has 2 N–H and O–H groups in total. The summed E-state index contributed by atoms with van der Waals surface area (Å²) in [6.45, 7) is 8.45. The fourth-order valence-corrected chi connectivity index (χ4v) is 5.73. The highest BCUT2D eigenvalue weighted by atomic mass is 32.2. The zero-order valence-electron chi connectivity index (χ0n) is 21.9. The van der Waals surface area contributed by atoms with Crippen molar-refractivity contribution in [3.63, 3.8) is 0 Å². The third-order valence-electron chi connectivity index (χ3n) is 6.21. The summed E-state index contributed by atoms with van der Waals surface area (Å²) in [4.78, 5) is 17.1. The van der Waals surface area contributed by atoms with Crippen molar-refractivity contribution in [1.29, 1.82) is 0 Å². The van der Waals surface area contributed by atoms with E-state index < -0.39 is 0 Å². The van der Waals surface area contributed by atoms with Crippen LogP contribution in [0.5, 0.6) is 5.75 Å². The molecule has 0 saturated carbocycles. The summed E-state index contributed by atoms with van der Waals surface area (Å²) in [5.74, 6) is 3.47. The van der Waals surface area contributed by atoms with Crippen molar-refractivity contribution in [3.8, 4) is 5.75 Å². The number of aromatic amines is 1. The van der Waals surface area contributed by atoms with Crippen LogP contribution in [-0.2, 0) is 0 Å². The normalized spacial score (nSPS) is 14.9. The summed E-state index contributed by atoms with van der Waals surface area (Å²) in [5, 5.41) is 11.4. The molecule has 36 heavy (non-hydrogen) atoms. The first kappa shape index (κ1) is 26.8. The number of hydrogen-bond acceptors (Lipinski definition) is 9. The molecule has 1 aliphatic heterocycles. The van der Waals surface area contributed by atoms with E-state index in [1.54, 1.807) is 18.9 Å². The lowest BCUT2D eigenvalue weighted by Crippen LogP contribution is -2.37. The Labute approximate surface area is 223 Å². The SMILES string of the molecule is CCSc1ccc(Sc2nc(Nc3cc(C)[nH]n3)c(OC)c(C3CCN(CCN(C)C)CC3)n2)cc1. The van der Waals surface area contributed by atoms with E-state index in [1.807, 2.05) is 24.8 Å². The van der Waals surface area contributed by atoms with E-state index in [4.69, 9.17) is 14.7 Å². The molecular weight excluding hydrogens is 490 g/mol.